The zero-order chi connectivity index (χ0) is 23.5. The summed E-state index contributed by atoms with van der Waals surface area (Å²) in [7, 11) is 1.80. The zero-order valence-corrected chi connectivity index (χ0v) is 19.3. The molecule has 0 aliphatic carbocycles. The summed E-state index contributed by atoms with van der Waals surface area (Å²) in [5.74, 6) is -0.501. The number of hydrogen-bond donors (Lipinski definition) is 0. The number of piperazine rings is 1. The second-order valence-electron chi connectivity index (χ2n) is 8.48. The van der Waals surface area contributed by atoms with E-state index in [9.17, 15) is 14.0 Å². The smallest absolute Gasteiger partial charge is 0.258 e. The van der Waals surface area contributed by atoms with Gasteiger partial charge in [-0.05, 0) is 42.2 Å². The van der Waals surface area contributed by atoms with Gasteiger partial charge < -0.3 is 9.80 Å². The Morgan fingerprint density at radius 1 is 1.12 bits per heavy atom. The van der Waals surface area contributed by atoms with Crippen molar-refractivity contribution in [1.29, 1.82) is 0 Å². The fraction of sp³-hybridized carbons (Fsp3) is 0.346. The summed E-state index contributed by atoms with van der Waals surface area (Å²) in [6, 6.07) is 13.5. The van der Waals surface area contributed by atoms with Gasteiger partial charge in [0.1, 0.15) is 11.9 Å². The summed E-state index contributed by atoms with van der Waals surface area (Å²) in [4.78, 5) is 30.6. The minimum Gasteiger partial charge on any atom is -0.339 e. The van der Waals surface area contributed by atoms with Crippen LogP contribution in [-0.2, 0) is 18.3 Å². The van der Waals surface area contributed by atoms with E-state index in [2.05, 4.69) is 5.10 Å². The predicted octanol–water partition coefficient (Wildman–Crippen LogP) is 3.84. The lowest BCUT2D eigenvalue weighted by molar-refractivity contribution is -0.140. The molecule has 1 saturated heterocycles. The highest BCUT2D eigenvalue weighted by atomic mass is 19.1. The topological polar surface area (TPSA) is 58.4 Å². The number of carbonyl (C=O) groups is 2. The molecule has 1 aliphatic rings. The minimum atomic E-state index is -0.612. The Hall–Kier alpha value is -3.48. The van der Waals surface area contributed by atoms with Crippen LogP contribution < -0.4 is 0 Å². The van der Waals surface area contributed by atoms with Gasteiger partial charge in [0, 0.05) is 38.8 Å². The van der Waals surface area contributed by atoms with Crippen LogP contribution >= 0.6 is 0 Å². The molecule has 0 spiro atoms. The van der Waals surface area contributed by atoms with Gasteiger partial charge >= 0.3 is 0 Å². The van der Waals surface area contributed by atoms with E-state index in [4.69, 9.17) is 0 Å². The van der Waals surface area contributed by atoms with Crippen LogP contribution in [0.1, 0.15) is 35.0 Å². The summed E-state index contributed by atoms with van der Waals surface area (Å²) in [6.45, 7) is 5.57. The van der Waals surface area contributed by atoms with E-state index in [-0.39, 0.29) is 17.6 Å². The lowest BCUT2D eigenvalue weighted by Crippen LogP contribution is -2.59. The molecule has 2 heterocycles. The van der Waals surface area contributed by atoms with Gasteiger partial charge in [-0.2, -0.15) is 5.10 Å². The first-order valence-corrected chi connectivity index (χ1v) is 11.3. The molecule has 1 unspecified atom stereocenters. The number of benzene rings is 2. The third-order valence-electron chi connectivity index (χ3n) is 6.39. The van der Waals surface area contributed by atoms with Gasteiger partial charge in [-0.25, -0.2) is 4.39 Å². The average Bonchev–Trinajstić information content (AvgIpc) is 3.15. The van der Waals surface area contributed by atoms with Crippen molar-refractivity contribution in [2.45, 2.75) is 32.7 Å². The lowest BCUT2D eigenvalue weighted by atomic mass is 9.93. The normalized spacial score (nSPS) is 16.4. The maximum atomic E-state index is 13.5. The molecule has 7 heteroatoms. The number of aromatic nitrogens is 2. The zero-order valence-electron chi connectivity index (χ0n) is 19.3. The highest BCUT2D eigenvalue weighted by molar-refractivity contribution is 5.99. The average molecular weight is 449 g/mol. The largest absolute Gasteiger partial charge is 0.339 e. The van der Waals surface area contributed by atoms with E-state index < -0.39 is 6.04 Å². The number of halogens is 1. The number of carbonyl (C=O) groups excluding carboxylic acids is 2. The van der Waals surface area contributed by atoms with E-state index in [0.29, 0.717) is 31.6 Å². The van der Waals surface area contributed by atoms with E-state index in [1.807, 2.05) is 43.0 Å². The molecule has 1 aliphatic heterocycles. The molecule has 0 bridgehead atoms. The molecule has 3 aromatic rings. The summed E-state index contributed by atoms with van der Waals surface area (Å²) in [5, 5.41) is 4.21. The first kappa shape index (κ1) is 22.7. The van der Waals surface area contributed by atoms with Gasteiger partial charge in [0.2, 0.25) is 5.91 Å². The van der Waals surface area contributed by atoms with Crippen LogP contribution in [-0.4, -0.2) is 57.1 Å². The molecule has 172 valence electrons. The van der Waals surface area contributed by atoms with Crippen molar-refractivity contribution in [2.75, 3.05) is 19.6 Å². The molecule has 1 aromatic heterocycles. The van der Waals surface area contributed by atoms with Crippen molar-refractivity contribution in [1.82, 2.24) is 19.6 Å². The molecule has 0 radical (unpaired) electrons. The van der Waals surface area contributed by atoms with Gasteiger partial charge in [-0.3, -0.25) is 14.3 Å². The predicted molar refractivity (Wildman–Crippen MR) is 125 cm³/mol. The highest BCUT2D eigenvalue weighted by Crippen LogP contribution is 2.28. The van der Waals surface area contributed by atoms with Gasteiger partial charge in [0.05, 0.1) is 11.8 Å². The molecule has 33 heavy (non-hydrogen) atoms. The van der Waals surface area contributed by atoms with Crippen LogP contribution in [0.25, 0.3) is 11.1 Å². The summed E-state index contributed by atoms with van der Waals surface area (Å²) < 4.78 is 15.1. The van der Waals surface area contributed by atoms with Crippen molar-refractivity contribution < 1.29 is 14.0 Å². The van der Waals surface area contributed by atoms with Crippen LogP contribution in [0.3, 0.4) is 0 Å². The Morgan fingerprint density at radius 2 is 1.85 bits per heavy atom. The van der Waals surface area contributed by atoms with Crippen molar-refractivity contribution >= 4 is 11.8 Å². The monoisotopic (exact) mass is 448 g/mol. The maximum Gasteiger partial charge on any atom is 0.258 e. The third kappa shape index (κ3) is 4.53. The summed E-state index contributed by atoms with van der Waals surface area (Å²) >= 11 is 0. The van der Waals surface area contributed by atoms with Crippen LogP contribution in [0.15, 0.2) is 54.7 Å². The van der Waals surface area contributed by atoms with Crippen molar-refractivity contribution in [3.63, 3.8) is 0 Å². The maximum absolute atomic E-state index is 13.5. The van der Waals surface area contributed by atoms with E-state index >= 15 is 0 Å². The minimum absolute atomic E-state index is 0.0353. The van der Waals surface area contributed by atoms with Gasteiger partial charge in [0.25, 0.3) is 5.91 Å². The summed E-state index contributed by atoms with van der Waals surface area (Å²) in [6.07, 6.45) is 2.82. The first-order valence-electron chi connectivity index (χ1n) is 11.3. The highest BCUT2D eigenvalue weighted by Gasteiger charge is 2.38. The van der Waals surface area contributed by atoms with E-state index in [1.54, 1.807) is 35.0 Å². The Bertz CT molecular complexity index is 1160. The molecular weight excluding hydrogens is 419 g/mol. The van der Waals surface area contributed by atoms with Gasteiger partial charge in [0.15, 0.2) is 0 Å². The van der Waals surface area contributed by atoms with Crippen molar-refractivity contribution in [3.05, 3.63) is 77.4 Å². The Balaban J connectivity index is 1.70. The molecule has 1 fully saturated rings. The fourth-order valence-electron chi connectivity index (χ4n) is 4.45. The third-order valence-corrected chi connectivity index (χ3v) is 6.39. The quantitative estimate of drug-likeness (QED) is 0.576. The van der Waals surface area contributed by atoms with Crippen LogP contribution in [0.2, 0.25) is 0 Å². The Morgan fingerprint density at radius 3 is 2.52 bits per heavy atom. The molecule has 6 nitrogen and oxygen atoms in total. The SMILES string of the molecule is CCCN1CCN(C(=O)c2cnn(C)c2C)C(Cc2ccccc2-c2ccc(F)cc2)C1=O. The number of hydrogen-bond acceptors (Lipinski definition) is 3. The van der Waals surface area contributed by atoms with Crippen LogP contribution in [0, 0.1) is 12.7 Å². The van der Waals surface area contributed by atoms with Crippen LogP contribution in [0.5, 0.6) is 0 Å². The second kappa shape index (κ2) is 9.57. The van der Waals surface area contributed by atoms with Crippen LogP contribution in [0.4, 0.5) is 4.39 Å². The van der Waals surface area contributed by atoms with Crippen molar-refractivity contribution in [2.24, 2.45) is 7.05 Å². The fourth-order valence-corrected chi connectivity index (χ4v) is 4.45. The second-order valence-corrected chi connectivity index (χ2v) is 8.48. The molecule has 0 saturated carbocycles. The molecule has 2 aromatic carbocycles. The van der Waals surface area contributed by atoms with E-state index in [0.717, 1.165) is 28.8 Å². The van der Waals surface area contributed by atoms with Gasteiger partial charge in [-0.15, -0.1) is 0 Å². The molecule has 2 amide bonds. The molecular formula is C26H29FN4O2. The summed E-state index contributed by atoms with van der Waals surface area (Å²) in [5.41, 5.74) is 4.05. The number of nitrogens with zero attached hydrogens (tertiary/aromatic N) is 4. The first-order chi connectivity index (χ1) is 15.9. The van der Waals surface area contributed by atoms with E-state index in [1.165, 1.54) is 12.1 Å². The van der Waals surface area contributed by atoms with Gasteiger partial charge in [-0.1, -0.05) is 43.3 Å². The lowest BCUT2D eigenvalue weighted by Gasteiger charge is -2.41. The Kier molecular flexibility index (Phi) is 6.58. The standard InChI is InChI=1S/C26H29FN4O2/c1-4-13-30-14-15-31(25(32)23-17-28-29(3)18(23)2)24(26(30)33)16-20-7-5-6-8-22(20)19-9-11-21(27)12-10-19/h5-12,17,24H,4,13-16H2,1-3H3. The molecule has 4 rings (SSSR count). The number of rotatable bonds is 6. The molecule has 0 N–H and O–H groups in total. The number of amides is 2. The Labute approximate surface area is 193 Å². The molecule has 1 atom stereocenters. The van der Waals surface area contributed by atoms with Crippen molar-refractivity contribution in [3.8, 4) is 11.1 Å². The number of aryl methyl sites for hydroxylation is 1.